The molecule has 3 rings (SSSR count). The molecule has 1 atom stereocenters. The van der Waals surface area contributed by atoms with Crippen molar-refractivity contribution in [1.82, 2.24) is 5.32 Å². The molecule has 1 saturated carbocycles. The molecule has 4 heteroatoms. The predicted octanol–water partition coefficient (Wildman–Crippen LogP) is 3.99. The van der Waals surface area contributed by atoms with E-state index in [0.717, 1.165) is 18.4 Å². The Bertz CT molecular complexity index is 733. The third-order valence-electron chi connectivity index (χ3n) is 4.30. The Morgan fingerprint density at radius 3 is 2.16 bits per heavy atom. The monoisotopic (exact) mass is 337 g/mol. The number of carbonyl (C=O) groups is 2. The number of rotatable bonds is 6. The summed E-state index contributed by atoms with van der Waals surface area (Å²) in [4.78, 5) is 25.0. The predicted molar refractivity (Wildman–Crippen MR) is 96.3 cm³/mol. The van der Waals surface area contributed by atoms with Crippen LogP contribution in [0.4, 0.5) is 0 Å². The lowest BCUT2D eigenvalue weighted by Gasteiger charge is -2.18. The highest BCUT2D eigenvalue weighted by atomic mass is 16.5. The van der Waals surface area contributed by atoms with Crippen LogP contribution >= 0.6 is 0 Å². The van der Waals surface area contributed by atoms with Crippen LogP contribution in [-0.2, 0) is 9.53 Å². The molecule has 2 aromatic carbocycles. The molecule has 1 fully saturated rings. The standard InChI is InChI=1S/C21H23NO3/c1-14(2)15-8-10-17(11-9-15)21(24)25-19(16-6-4-3-5-7-16)20(23)22-18-12-13-18/h3-11,14,18-19H,12-13H2,1-2H3,(H,22,23)/t19-/m1/s1. The molecule has 2 aromatic rings. The van der Waals surface area contributed by atoms with E-state index in [1.54, 1.807) is 24.3 Å². The highest BCUT2D eigenvalue weighted by Crippen LogP contribution is 2.24. The van der Waals surface area contributed by atoms with Crippen LogP contribution in [0.15, 0.2) is 54.6 Å². The molecule has 0 bridgehead atoms. The average molecular weight is 337 g/mol. The first-order valence-corrected chi connectivity index (χ1v) is 8.71. The molecule has 4 nitrogen and oxygen atoms in total. The second-order valence-electron chi connectivity index (χ2n) is 6.76. The fraction of sp³-hybridized carbons (Fsp3) is 0.333. The smallest absolute Gasteiger partial charge is 0.339 e. The average Bonchev–Trinajstić information content (AvgIpc) is 3.44. The Labute approximate surface area is 148 Å². The Balaban J connectivity index is 1.76. The van der Waals surface area contributed by atoms with Crippen molar-refractivity contribution in [3.05, 3.63) is 71.3 Å². The Morgan fingerprint density at radius 1 is 0.960 bits per heavy atom. The molecule has 1 amide bonds. The lowest BCUT2D eigenvalue weighted by Crippen LogP contribution is -2.33. The molecular weight excluding hydrogens is 314 g/mol. The maximum atomic E-state index is 12.5. The van der Waals surface area contributed by atoms with Gasteiger partial charge >= 0.3 is 5.97 Å². The highest BCUT2D eigenvalue weighted by molar-refractivity contribution is 5.92. The summed E-state index contributed by atoms with van der Waals surface area (Å²) in [6.07, 6.45) is 1.04. The van der Waals surface area contributed by atoms with Crippen LogP contribution in [0.5, 0.6) is 0 Å². The van der Waals surface area contributed by atoms with Crippen LogP contribution in [0.2, 0.25) is 0 Å². The van der Waals surface area contributed by atoms with Crippen LogP contribution < -0.4 is 5.32 Å². The van der Waals surface area contributed by atoms with E-state index in [2.05, 4.69) is 19.2 Å². The van der Waals surface area contributed by atoms with Gasteiger partial charge in [0.05, 0.1) is 5.56 Å². The van der Waals surface area contributed by atoms with Crippen LogP contribution in [0.1, 0.15) is 60.2 Å². The first-order valence-electron chi connectivity index (χ1n) is 8.71. The molecule has 1 N–H and O–H groups in total. The summed E-state index contributed by atoms with van der Waals surface area (Å²) in [7, 11) is 0. The Hall–Kier alpha value is -2.62. The van der Waals surface area contributed by atoms with E-state index in [1.807, 2.05) is 30.3 Å². The Morgan fingerprint density at radius 2 is 1.60 bits per heavy atom. The lowest BCUT2D eigenvalue weighted by atomic mass is 10.0. The van der Waals surface area contributed by atoms with Gasteiger partial charge in [0.15, 0.2) is 0 Å². The quantitative estimate of drug-likeness (QED) is 0.811. The van der Waals surface area contributed by atoms with E-state index in [4.69, 9.17) is 4.74 Å². The molecule has 25 heavy (non-hydrogen) atoms. The van der Waals surface area contributed by atoms with Crippen molar-refractivity contribution in [2.45, 2.75) is 44.8 Å². The van der Waals surface area contributed by atoms with Gasteiger partial charge in [0.1, 0.15) is 0 Å². The van der Waals surface area contributed by atoms with Crippen molar-refractivity contribution in [1.29, 1.82) is 0 Å². The number of hydrogen-bond donors (Lipinski definition) is 1. The number of amides is 1. The third kappa shape index (κ3) is 4.47. The maximum Gasteiger partial charge on any atom is 0.339 e. The number of esters is 1. The molecule has 0 spiro atoms. The van der Waals surface area contributed by atoms with Crippen LogP contribution in [0.3, 0.4) is 0 Å². The van der Waals surface area contributed by atoms with E-state index in [0.29, 0.717) is 17.0 Å². The summed E-state index contributed by atoms with van der Waals surface area (Å²) >= 11 is 0. The lowest BCUT2D eigenvalue weighted by molar-refractivity contribution is -0.130. The van der Waals surface area contributed by atoms with Crippen LogP contribution in [0, 0.1) is 0 Å². The fourth-order valence-corrected chi connectivity index (χ4v) is 2.58. The number of hydrogen-bond acceptors (Lipinski definition) is 3. The van der Waals surface area contributed by atoms with Gasteiger partial charge < -0.3 is 10.1 Å². The van der Waals surface area contributed by atoms with Gasteiger partial charge in [0.25, 0.3) is 5.91 Å². The van der Waals surface area contributed by atoms with E-state index < -0.39 is 12.1 Å². The summed E-state index contributed by atoms with van der Waals surface area (Å²) in [5, 5.41) is 2.92. The molecule has 0 unspecified atom stereocenters. The molecule has 0 aromatic heterocycles. The molecule has 1 aliphatic carbocycles. The van der Waals surface area contributed by atoms with Gasteiger partial charge in [0, 0.05) is 11.6 Å². The van der Waals surface area contributed by atoms with Gasteiger partial charge in [-0.3, -0.25) is 4.79 Å². The molecule has 0 radical (unpaired) electrons. The van der Waals surface area contributed by atoms with E-state index in [1.165, 1.54) is 0 Å². The van der Waals surface area contributed by atoms with Gasteiger partial charge in [-0.2, -0.15) is 0 Å². The van der Waals surface area contributed by atoms with Gasteiger partial charge in [-0.15, -0.1) is 0 Å². The summed E-state index contributed by atoms with van der Waals surface area (Å²) in [5.74, 6) is -0.359. The minimum absolute atomic E-state index is 0.211. The largest absolute Gasteiger partial charge is 0.444 e. The van der Waals surface area contributed by atoms with Gasteiger partial charge in [-0.25, -0.2) is 4.79 Å². The summed E-state index contributed by atoms with van der Waals surface area (Å²) < 4.78 is 5.56. The van der Waals surface area contributed by atoms with E-state index >= 15 is 0 Å². The molecule has 1 aliphatic rings. The Kier molecular flexibility index (Phi) is 5.17. The summed E-state index contributed by atoms with van der Waals surface area (Å²) in [6.45, 7) is 4.20. The SMILES string of the molecule is CC(C)c1ccc(C(=O)O[C@@H](C(=O)NC2CC2)c2ccccc2)cc1. The number of carbonyl (C=O) groups excluding carboxylic acids is 2. The van der Waals surface area contributed by atoms with Crippen molar-refractivity contribution >= 4 is 11.9 Å². The topological polar surface area (TPSA) is 55.4 Å². The zero-order valence-corrected chi connectivity index (χ0v) is 14.6. The zero-order chi connectivity index (χ0) is 17.8. The van der Waals surface area contributed by atoms with Gasteiger partial charge in [0.2, 0.25) is 6.10 Å². The second kappa shape index (κ2) is 7.51. The second-order valence-corrected chi connectivity index (χ2v) is 6.76. The first kappa shape index (κ1) is 17.2. The minimum atomic E-state index is -0.931. The summed E-state index contributed by atoms with van der Waals surface area (Å²) in [5.41, 5.74) is 2.28. The van der Waals surface area contributed by atoms with Crippen molar-refractivity contribution in [3.63, 3.8) is 0 Å². The fourth-order valence-electron chi connectivity index (χ4n) is 2.58. The maximum absolute atomic E-state index is 12.5. The van der Waals surface area contributed by atoms with Crippen molar-refractivity contribution in [3.8, 4) is 0 Å². The third-order valence-corrected chi connectivity index (χ3v) is 4.30. The van der Waals surface area contributed by atoms with Crippen LogP contribution in [-0.4, -0.2) is 17.9 Å². The first-order chi connectivity index (χ1) is 12.0. The summed E-state index contributed by atoms with van der Waals surface area (Å²) in [6, 6.07) is 16.7. The molecule has 130 valence electrons. The van der Waals surface area contributed by atoms with Gasteiger partial charge in [-0.1, -0.05) is 56.3 Å². The van der Waals surface area contributed by atoms with E-state index in [-0.39, 0.29) is 11.9 Å². The van der Waals surface area contributed by atoms with Crippen molar-refractivity contribution in [2.75, 3.05) is 0 Å². The highest BCUT2D eigenvalue weighted by Gasteiger charge is 2.31. The molecular formula is C21H23NO3. The normalized spacial score (nSPS) is 14.8. The number of nitrogens with one attached hydrogen (secondary N) is 1. The molecule has 0 aliphatic heterocycles. The van der Waals surface area contributed by atoms with Crippen molar-refractivity contribution in [2.24, 2.45) is 0 Å². The van der Waals surface area contributed by atoms with Crippen LogP contribution in [0.25, 0.3) is 0 Å². The molecule has 0 heterocycles. The minimum Gasteiger partial charge on any atom is -0.444 e. The zero-order valence-electron chi connectivity index (χ0n) is 14.6. The van der Waals surface area contributed by atoms with E-state index in [9.17, 15) is 9.59 Å². The molecule has 0 saturated heterocycles. The number of ether oxygens (including phenoxy) is 1. The number of benzene rings is 2. The van der Waals surface area contributed by atoms with Crippen molar-refractivity contribution < 1.29 is 14.3 Å². The van der Waals surface area contributed by atoms with Gasteiger partial charge in [-0.05, 0) is 36.5 Å².